The molecule has 1 aliphatic carbocycles. The van der Waals surface area contributed by atoms with Gasteiger partial charge in [0.1, 0.15) is 5.82 Å². The number of hydrogen-bond acceptors (Lipinski definition) is 5. The number of alkyl halides is 3. The second kappa shape index (κ2) is 8.49. The van der Waals surface area contributed by atoms with E-state index in [0.717, 1.165) is 37.2 Å². The van der Waals surface area contributed by atoms with Gasteiger partial charge in [-0.3, -0.25) is 19.9 Å². The Hall–Kier alpha value is -2.62. The van der Waals surface area contributed by atoms with E-state index in [2.05, 4.69) is 20.3 Å². The second-order valence-corrected chi connectivity index (χ2v) is 8.23. The van der Waals surface area contributed by atoms with Crippen molar-refractivity contribution in [3.05, 3.63) is 44.5 Å². The molecule has 2 aromatic heterocycles. The number of anilines is 2. The summed E-state index contributed by atoms with van der Waals surface area (Å²) in [6.07, 6.45) is 0.548. The van der Waals surface area contributed by atoms with E-state index in [9.17, 15) is 22.8 Å². The van der Waals surface area contributed by atoms with E-state index >= 15 is 0 Å². The van der Waals surface area contributed by atoms with Crippen LogP contribution >= 0.6 is 11.6 Å². The lowest BCUT2D eigenvalue weighted by Crippen LogP contribution is -2.39. The van der Waals surface area contributed by atoms with Crippen LogP contribution in [0.15, 0.2) is 17.1 Å². The zero-order valence-corrected chi connectivity index (χ0v) is 17.3. The molecule has 2 N–H and O–H groups in total. The molecule has 0 radical (unpaired) electrons. The summed E-state index contributed by atoms with van der Waals surface area (Å²) in [7, 11) is 0. The van der Waals surface area contributed by atoms with E-state index in [1.54, 1.807) is 4.90 Å². The standard InChI is InChI=1S/C20H21ClF3N5O2/c21-14-9-12(20(22,23)24)10-25-16(14)29-7-5-11(6-8-29)17(30)27-19-26-15-4-2-1-3-13(15)18(31)28-19/h9-11H,1-8H2,(H2,26,27,28,30,31). The highest BCUT2D eigenvalue weighted by atomic mass is 35.5. The maximum absolute atomic E-state index is 12.8. The average molecular weight is 456 g/mol. The fourth-order valence-corrected chi connectivity index (χ4v) is 4.34. The van der Waals surface area contributed by atoms with E-state index in [4.69, 9.17) is 11.6 Å². The number of nitrogens with one attached hydrogen (secondary N) is 2. The number of H-pyrrole nitrogens is 1. The normalized spacial score (nSPS) is 17.4. The number of rotatable bonds is 3. The van der Waals surface area contributed by atoms with E-state index in [1.165, 1.54) is 0 Å². The molecule has 0 spiro atoms. The van der Waals surface area contributed by atoms with Crippen molar-refractivity contribution in [3.63, 3.8) is 0 Å². The molecule has 3 heterocycles. The van der Waals surface area contributed by atoms with Crippen LogP contribution < -0.4 is 15.8 Å². The van der Waals surface area contributed by atoms with Gasteiger partial charge in [0, 0.05) is 30.8 Å². The molecule has 0 atom stereocenters. The molecule has 11 heteroatoms. The molecule has 4 rings (SSSR count). The lowest BCUT2D eigenvalue weighted by Gasteiger charge is -2.32. The molecule has 1 fully saturated rings. The average Bonchev–Trinajstić information content (AvgIpc) is 2.73. The first-order chi connectivity index (χ1) is 14.7. The number of piperidine rings is 1. The topological polar surface area (TPSA) is 91.0 Å². The van der Waals surface area contributed by atoms with Gasteiger partial charge < -0.3 is 4.90 Å². The predicted molar refractivity (Wildman–Crippen MR) is 109 cm³/mol. The van der Waals surface area contributed by atoms with Crippen LogP contribution in [0.25, 0.3) is 0 Å². The minimum atomic E-state index is -4.51. The first-order valence-corrected chi connectivity index (χ1v) is 10.5. The molecule has 7 nitrogen and oxygen atoms in total. The second-order valence-electron chi connectivity index (χ2n) is 7.82. The summed E-state index contributed by atoms with van der Waals surface area (Å²) in [4.78, 5) is 37.6. The fraction of sp³-hybridized carbons (Fsp3) is 0.500. The van der Waals surface area contributed by atoms with Crippen LogP contribution in [0, 0.1) is 5.92 Å². The highest BCUT2D eigenvalue weighted by Crippen LogP contribution is 2.34. The monoisotopic (exact) mass is 455 g/mol. The number of aryl methyl sites for hydroxylation is 1. The van der Waals surface area contributed by atoms with Gasteiger partial charge in [0.2, 0.25) is 11.9 Å². The number of halogens is 4. The zero-order chi connectivity index (χ0) is 22.2. The summed E-state index contributed by atoms with van der Waals surface area (Å²) in [6.45, 7) is 0.842. The van der Waals surface area contributed by atoms with Gasteiger partial charge in [-0.2, -0.15) is 13.2 Å². The van der Waals surface area contributed by atoms with Crippen LogP contribution in [0.3, 0.4) is 0 Å². The highest BCUT2D eigenvalue weighted by Gasteiger charge is 2.33. The summed E-state index contributed by atoms with van der Waals surface area (Å²) < 4.78 is 38.4. The lowest BCUT2D eigenvalue weighted by atomic mass is 9.96. The quantitative estimate of drug-likeness (QED) is 0.738. The van der Waals surface area contributed by atoms with Crippen molar-refractivity contribution < 1.29 is 18.0 Å². The zero-order valence-electron chi connectivity index (χ0n) is 16.6. The molecule has 1 aliphatic heterocycles. The third-order valence-electron chi connectivity index (χ3n) is 5.75. The van der Waals surface area contributed by atoms with Gasteiger partial charge in [-0.1, -0.05) is 11.6 Å². The maximum atomic E-state index is 12.8. The van der Waals surface area contributed by atoms with Crippen molar-refractivity contribution in [2.24, 2.45) is 5.92 Å². The summed E-state index contributed by atoms with van der Waals surface area (Å²) >= 11 is 6.02. The highest BCUT2D eigenvalue weighted by molar-refractivity contribution is 6.33. The van der Waals surface area contributed by atoms with Gasteiger partial charge >= 0.3 is 6.18 Å². The van der Waals surface area contributed by atoms with Gasteiger partial charge in [0.15, 0.2) is 0 Å². The SMILES string of the molecule is O=C(Nc1nc2c(c(=O)[nH]1)CCCC2)C1CCN(c2ncc(C(F)(F)F)cc2Cl)CC1. The minimum Gasteiger partial charge on any atom is -0.355 e. The molecule has 166 valence electrons. The number of carbonyl (C=O) groups is 1. The molecule has 0 aromatic carbocycles. The Morgan fingerprint density at radius 2 is 1.94 bits per heavy atom. The van der Waals surface area contributed by atoms with Crippen molar-refractivity contribution in [2.45, 2.75) is 44.7 Å². The number of carbonyl (C=O) groups excluding carboxylic acids is 1. The van der Waals surface area contributed by atoms with Crippen molar-refractivity contribution in [1.29, 1.82) is 0 Å². The number of aromatic nitrogens is 3. The van der Waals surface area contributed by atoms with Gasteiger partial charge in [-0.15, -0.1) is 0 Å². The summed E-state index contributed by atoms with van der Waals surface area (Å²) in [6, 6.07) is 0.862. The number of nitrogens with zero attached hydrogens (tertiary/aromatic N) is 3. The molecular formula is C20H21ClF3N5O2. The number of amides is 1. The van der Waals surface area contributed by atoms with Crippen LogP contribution in [0.5, 0.6) is 0 Å². The Morgan fingerprint density at radius 3 is 2.61 bits per heavy atom. The summed E-state index contributed by atoms with van der Waals surface area (Å²) in [5.41, 5.74) is 0.321. The van der Waals surface area contributed by atoms with E-state index in [1.807, 2.05) is 0 Å². The molecule has 0 saturated carbocycles. The fourth-order valence-electron chi connectivity index (χ4n) is 4.05. The van der Waals surface area contributed by atoms with E-state index < -0.39 is 11.7 Å². The lowest BCUT2D eigenvalue weighted by molar-refractivity contribution is -0.137. The van der Waals surface area contributed by atoms with E-state index in [0.29, 0.717) is 37.9 Å². The number of aromatic amines is 1. The third-order valence-corrected chi connectivity index (χ3v) is 6.03. The van der Waals surface area contributed by atoms with Crippen LogP contribution in [0.4, 0.5) is 24.9 Å². The van der Waals surface area contributed by atoms with Gasteiger partial charge in [0.05, 0.1) is 16.3 Å². The summed E-state index contributed by atoms with van der Waals surface area (Å²) in [5, 5.41) is 2.63. The van der Waals surface area contributed by atoms with Crippen LogP contribution in [-0.4, -0.2) is 33.9 Å². The number of hydrogen-bond donors (Lipinski definition) is 2. The predicted octanol–water partition coefficient (Wildman–Crippen LogP) is 3.57. The Bertz CT molecular complexity index is 1050. The van der Waals surface area contributed by atoms with Gasteiger partial charge in [-0.05, 0) is 44.6 Å². The molecule has 0 unspecified atom stereocenters. The largest absolute Gasteiger partial charge is 0.417 e. The van der Waals surface area contributed by atoms with Crippen LogP contribution in [-0.2, 0) is 23.8 Å². The first-order valence-electron chi connectivity index (χ1n) is 10.1. The van der Waals surface area contributed by atoms with Crippen molar-refractivity contribution in [1.82, 2.24) is 15.0 Å². The molecule has 2 aromatic rings. The molecule has 31 heavy (non-hydrogen) atoms. The van der Waals surface area contributed by atoms with Crippen LogP contribution in [0.1, 0.15) is 42.5 Å². The number of fused-ring (bicyclic) bond motifs is 1. The molecular weight excluding hydrogens is 435 g/mol. The Kier molecular flexibility index (Phi) is 5.92. The Labute approximate surface area is 181 Å². The van der Waals surface area contributed by atoms with Gasteiger partial charge in [-0.25, -0.2) is 9.97 Å². The Balaban J connectivity index is 1.38. The molecule has 1 amide bonds. The molecule has 2 aliphatic rings. The summed E-state index contributed by atoms with van der Waals surface area (Å²) in [5.74, 6) is -0.129. The third kappa shape index (κ3) is 4.68. The number of pyridine rings is 1. The first kappa shape index (κ1) is 21.6. The van der Waals surface area contributed by atoms with Crippen molar-refractivity contribution in [2.75, 3.05) is 23.3 Å². The van der Waals surface area contributed by atoms with Crippen molar-refractivity contribution in [3.8, 4) is 0 Å². The smallest absolute Gasteiger partial charge is 0.355 e. The van der Waals surface area contributed by atoms with Crippen molar-refractivity contribution >= 4 is 29.3 Å². The van der Waals surface area contributed by atoms with Gasteiger partial charge in [0.25, 0.3) is 5.56 Å². The van der Waals surface area contributed by atoms with E-state index in [-0.39, 0.29) is 34.2 Å². The molecule has 0 bridgehead atoms. The molecule has 1 saturated heterocycles. The van der Waals surface area contributed by atoms with Crippen LogP contribution in [0.2, 0.25) is 5.02 Å². The minimum absolute atomic E-state index is 0.0754. The Morgan fingerprint density at radius 1 is 1.23 bits per heavy atom. The maximum Gasteiger partial charge on any atom is 0.417 e.